The summed E-state index contributed by atoms with van der Waals surface area (Å²) in [6.07, 6.45) is 2.59. The molecule has 22 heavy (non-hydrogen) atoms. The topological polar surface area (TPSA) is 29.9 Å². The van der Waals surface area contributed by atoms with Gasteiger partial charge in [-0.1, -0.05) is 30.7 Å². The number of hydrogen-bond donors (Lipinski definition) is 1. The number of aromatic nitrogens is 2. The van der Waals surface area contributed by atoms with E-state index < -0.39 is 0 Å². The molecule has 5 heteroatoms. The van der Waals surface area contributed by atoms with E-state index in [0.717, 1.165) is 49.4 Å². The lowest BCUT2D eigenvalue weighted by Gasteiger charge is -2.27. The quantitative estimate of drug-likeness (QED) is 0.927. The summed E-state index contributed by atoms with van der Waals surface area (Å²) >= 11 is 6.33. The van der Waals surface area contributed by atoms with Crippen LogP contribution in [0.1, 0.15) is 42.0 Å². The maximum Gasteiger partial charge on any atom is 0.152 e. The number of aryl methyl sites for hydroxylation is 3. The van der Waals surface area contributed by atoms with Crippen LogP contribution < -0.4 is 5.32 Å². The van der Waals surface area contributed by atoms with Crippen molar-refractivity contribution in [2.24, 2.45) is 0 Å². The van der Waals surface area contributed by atoms with E-state index in [1.54, 1.807) is 13.0 Å². The second-order valence-corrected chi connectivity index (χ2v) is 6.20. The molecule has 3 nitrogen and oxygen atoms in total. The van der Waals surface area contributed by atoms with E-state index >= 15 is 0 Å². The number of rotatable bonds is 4. The van der Waals surface area contributed by atoms with Crippen LogP contribution in [0.3, 0.4) is 0 Å². The van der Waals surface area contributed by atoms with Crippen LogP contribution in [0, 0.1) is 12.7 Å². The fourth-order valence-corrected chi connectivity index (χ4v) is 3.45. The van der Waals surface area contributed by atoms with Crippen molar-refractivity contribution in [3.8, 4) is 0 Å². The summed E-state index contributed by atoms with van der Waals surface area (Å²) in [7, 11) is 0. The largest absolute Gasteiger partial charge is 0.328 e. The minimum absolute atomic E-state index is 0.134. The summed E-state index contributed by atoms with van der Waals surface area (Å²) in [5.74, 6) is 0.915. The van der Waals surface area contributed by atoms with E-state index in [1.807, 2.05) is 12.1 Å². The molecule has 0 fully saturated rings. The predicted octanol–water partition coefficient (Wildman–Crippen LogP) is 3.82. The zero-order chi connectivity index (χ0) is 15.7. The van der Waals surface area contributed by atoms with Crippen LogP contribution in [0.15, 0.2) is 18.2 Å². The molecule has 1 aliphatic heterocycles. The van der Waals surface area contributed by atoms with Gasteiger partial charge in [-0.05, 0) is 37.0 Å². The molecule has 0 saturated carbocycles. The molecule has 2 aromatic rings. The Bertz CT molecular complexity index is 681. The highest BCUT2D eigenvalue weighted by atomic mass is 35.5. The van der Waals surface area contributed by atoms with Crippen LogP contribution in [-0.2, 0) is 19.4 Å². The van der Waals surface area contributed by atoms with Gasteiger partial charge < -0.3 is 9.88 Å². The summed E-state index contributed by atoms with van der Waals surface area (Å²) < 4.78 is 15.9. The van der Waals surface area contributed by atoms with E-state index in [2.05, 4.69) is 21.8 Å². The maximum atomic E-state index is 13.6. The fraction of sp³-hybridized carbons (Fsp3) is 0.471. The van der Waals surface area contributed by atoms with Crippen molar-refractivity contribution < 1.29 is 4.39 Å². The van der Waals surface area contributed by atoms with Gasteiger partial charge in [-0.25, -0.2) is 9.37 Å². The van der Waals surface area contributed by atoms with Gasteiger partial charge in [-0.3, -0.25) is 0 Å². The van der Waals surface area contributed by atoms with Crippen molar-refractivity contribution in [2.45, 2.75) is 45.7 Å². The highest BCUT2D eigenvalue weighted by molar-refractivity contribution is 6.30. The van der Waals surface area contributed by atoms with Crippen LogP contribution in [0.5, 0.6) is 0 Å². The second-order valence-electron chi connectivity index (χ2n) is 5.84. The number of imidazole rings is 1. The molecule has 1 N–H and O–H groups in total. The monoisotopic (exact) mass is 321 g/mol. The first-order chi connectivity index (χ1) is 10.6. The Balaban J connectivity index is 1.77. The minimum atomic E-state index is -0.134. The maximum absolute atomic E-state index is 13.6. The molecule has 1 aromatic heterocycles. The van der Waals surface area contributed by atoms with Crippen molar-refractivity contribution in [2.75, 3.05) is 6.54 Å². The summed E-state index contributed by atoms with van der Waals surface area (Å²) in [5, 5.41) is 4.11. The molecular formula is C17H21ClFN3. The molecule has 0 aliphatic carbocycles. The molecule has 1 atom stereocenters. The number of nitrogens with one attached hydrogen (secondary N) is 1. The standard InChI is InChI=1S/C17H21ClFN3/c1-3-15-21-17(18)16-14(20-8-9-22(15)16)7-6-12-5-4-11(2)13(19)10-12/h4-5,10,14,20H,3,6-9H2,1-2H3. The van der Waals surface area contributed by atoms with Gasteiger partial charge in [0.1, 0.15) is 11.6 Å². The van der Waals surface area contributed by atoms with Crippen LogP contribution in [0.4, 0.5) is 4.39 Å². The Morgan fingerprint density at radius 2 is 2.27 bits per heavy atom. The molecular weight excluding hydrogens is 301 g/mol. The first-order valence-corrected chi connectivity index (χ1v) is 8.21. The van der Waals surface area contributed by atoms with Crippen molar-refractivity contribution >= 4 is 11.6 Å². The number of hydrogen-bond acceptors (Lipinski definition) is 2. The normalized spacial score (nSPS) is 17.5. The Morgan fingerprint density at radius 1 is 1.45 bits per heavy atom. The predicted molar refractivity (Wildman–Crippen MR) is 86.8 cm³/mol. The summed E-state index contributed by atoms with van der Waals surface area (Å²) in [6.45, 7) is 5.71. The third kappa shape index (κ3) is 2.90. The minimum Gasteiger partial charge on any atom is -0.328 e. The van der Waals surface area contributed by atoms with Gasteiger partial charge in [0.05, 0.1) is 11.7 Å². The molecule has 118 valence electrons. The van der Waals surface area contributed by atoms with Crippen LogP contribution >= 0.6 is 11.6 Å². The van der Waals surface area contributed by atoms with E-state index in [4.69, 9.17) is 11.6 Å². The zero-order valence-corrected chi connectivity index (χ0v) is 13.8. The van der Waals surface area contributed by atoms with Crippen molar-refractivity contribution in [1.82, 2.24) is 14.9 Å². The second kappa shape index (κ2) is 6.39. The van der Waals surface area contributed by atoms with E-state index in [9.17, 15) is 4.39 Å². The van der Waals surface area contributed by atoms with E-state index in [0.29, 0.717) is 10.7 Å². The molecule has 0 saturated heterocycles. The lowest BCUT2D eigenvalue weighted by molar-refractivity contribution is 0.400. The molecule has 1 aliphatic rings. The van der Waals surface area contributed by atoms with Gasteiger partial charge in [0.2, 0.25) is 0 Å². The number of halogens is 2. The highest BCUT2D eigenvalue weighted by Crippen LogP contribution is 2.30. The van der Waals surface area contributed by atoms with Gasteiger partial charge in [-0.15, -0.1) is 0 Å². The summed E-state index contributed by atoms with van der Waals surface area (Å²) in [5.41, 5.74) is 2.79. The van der Waals surface area contributed by atoms with Crippen LogP contribution in [0.2, 0.25) is 5.15 Å². The molecule has 0 amide bonds. The van der Waals surface area contributed by atoms with Crippen molar-refractivity contribution in [3.63, 3.8) is 0 Å². The van der Waals surface area contributed by atoms with Crippen LogP contribution in [0.25, 0.3) is 0 Å². The Labute approximate surface area is 135 Å². The first kappa shape index (κ1) is 15.5. The van der Waals surface area contributed by atoms with Crippen molar-refractivity contribution in [1.29, 1.82) is 0 Å². The molecule has 1 aromatic carbocycles. The van der Waals surface area contributed by atoms with Gasteiger partial charge in [0.25, 0.3) is 0 Å². The lowest BCUT2D eigenvalue weighted by atomic mass is 10.0. The van der Waals surface area contributed by atoms with Crippen molar-refractivity contribution in [3.05, 3.63) is 51.8 Å². The average molecular weight is 322 g/mol. The van der Waals surface area contributed by atoms with Gasteiger partial charge >= 0.3 is 0 Å². The number of nitrogens with zero attached hydrogens (tertiary/aromatic N) is 2. The third-order valence-corrected chi connectivity index (χ3v) is 4.65. The first-order valence-electron chi connectivity index (χ1n) is 7.83. The molecule has 1 unspecified atom stereocenters. The highest BCUT2D eigenvalue weighted by Gasteiger charge is 2.26. The molecule has 3 rings (SSSR count). The smallest absolute Gasteiger partial charge is 0.152 e. The average Bonchev–Trinajstić information content (AvgIpc) is 2.85. The fourth-order valence-electron chi connectivity index (χ4n) is 3.12. The van der Waals surface area contributed by atoms with Gasteiger partial charge in [0.15, 0.2) is 5.15 Å². The number of fused-ring (bicyclic) bond motifs is 1. The molecule has 0 spiro atoms. The van der Waals surface area contributed by atoms with E-state index in [-0.39, 0.29) is 11.9 Å². The van der Waals surface area contributed by atoms with Crippen LogP contribution in [-0.4, -0.2) is 16.1 Å². The Morgan fingerprint density at radius 3 is 3.00 bits per heavy atom. The molecule has 2 heterocycles. The SMILES string of the molecule is CCc1nc(Cl)c2n1CCNC2CCc1ccc(C)c(F)c1. The lowest BCUT2D eigenvalue weighted by Crippen LogP contribution is -2.34. The summed E-state index contributed by atoms with van der Waals surface area (Å²) in [4.78, 5) is 4.47. The molecule has 0 radical (unpaired) electrons. The Hall–Kier alpha value is -1.39. The zero-order valence-electron chi connectivity index (χ0n) is 13.0. The van der Waals surface area contributed by atoms with Gasteiger partial charge in [0, 0.05) is 19.5 Å². The molecule has 0 bridgehead atoms. The summed E-state index contributed by atoms with van der Waals surface area (Å²) in [6, 6.07) is 5.65. The van der Waals surface area contributed by atoms with Gasteiger partial charge in [-0.2, -0.15) is 0 Å². The van der Waals surface area contributed by atoms with E-state index in [1.165, 1.54) is 0 Å². The number of benzene rings is 1. The Kier molecular flexibility index (Phi) is 4.50. The third-order valence-electron chi connectivity index (χ3n) is 4.37.